The first-order chi connectivity index (χ1) is 13.9. The van der Waals surface area contributed by atoms with E-state index in [1.807, 2.05) is 31.2 Å². The van der Waals surface area contributed by atoms with Gasteiger partial charge in [-0.1, -0.05) is 35.2 Å². The van der Waals surface area contributed by atoms with Crippen molar-refractivity contribution in [2.24, 2.45) is 0 Å². The number of thioether (sulfide) groups is 1. The van der Waals surface area contributed by atoms with E-state index in [1.165, 1.54) is 47.4 Å². The summed E-state index contributed by atoms with van der Waals surface area (Å²) in [7, 11) is 0. The van der Waals surface area contributed by atoms with Gasteiger partial charge in [-0.3, -0.25) is 4.79 Å². The summed E-state index contributed by atoms with van der Waals surface area (Å²) in [5.41, 5.74) is 2.54. The molecule has 3 rings (SSSR count). The Labute approximate surface area is 174 Å². The SMILES string of the molecule is Cc1cccc(Nc2nnc(SC(C)C(=O)Nc3ccc(OC(F)F)cc3)s2)c1. The van der Waals surface area contributed by atoms with Crippen LogP contribution in [0.4, 0.5) is 25.3 Å². The number of ether oxygens (including phenoxy) is 1. The highest BCUT2D eigenvalue weighted by atomic mass is 32.2. The molecule has 0 saturated heterocycles. The third kappa shape index (κ3) is 6.40. The van der Waals surface area contributed by atoms with Crippen LogP contribution >= 0.6 is 23.1 Å². The fourth-order valence-corrected chi connectivity index (χ4v) is 4.24. The normalized spacial score (nSPS) is 11.9. The number of hydrogen-bond acceptors (Lipinski definition) is 7. The van der Waals surface area contributed by atoms with Crippen LogP contribution in [-0.2, 0) is 4.79 Å². The van der Waals surface area contributed by atoms with Crippen LogP contribution in [0.5, 0.6) is 5.75 Å². The van der Waals surface area contributed by atoms with Crippen molar-refractivity contribution in [3.63, 3.8) is 0 Å². The minimum absolute atomic E-state index is 0.0305. The van der Waals surface area contributed by atoms with Crippen LogP contribution in [0.25, 0.3) is 0 Å². The summed E-state index contributed by atoms with van der Waals surface area (Å²) in [4.78, 5) is 12.4. The lowest BCUT2D eigenvalue weighted by Crippen LogP contribution is -2.22. The summed E-state index contributed by atoms with van der Waals surface area (Å²) < 4.78 is 29.3. The van der Waals surface area contributed by atoms with Crippen molar-refractivity contribution in [1.29, 1.82) is 0 Å². The van der Waals surface area contributed by atoms with Crippen LogP contribution in [0.1, 0.15) is 12.5 Å². The van der Waals surface area contributed by atoms with Crippen LogP contribution in [0.3, 0.4) is 0 Å². The van der Waals surface area contributed by atoms with E-state index in [1.54, 1.807) is 6.92 Å². The molecule has 1 aromatic heterocycles. The zero-order valence-electron chi connectivity index (χ0n) is 15.6. The van der Waals surface area contributed by atoms with Crippen molar-refractivity contribution in [3.05, 3.63) is 54.1 Å². The molecule has 0 aliphatic carbocycles. The van der Waals surface area contributed by atoms with E-state index in [0.29, 0.717) is 15.2 Å². The van der Waals surface area contributed by atoms with Crippen LogP contribution in [0, 0.1) is 6.92 Å². The monoisotopic (exact) mass is 436 g/mol. The van der Waals surface area contributed by atoms with E-state index in [2.05, 4.69) is 25.6 Å². The van der Waals surface area contributed by atoms with Gasteiger partial charge in [-0.15, -0.1) is 10.2 Å². The van der Waals surface area contributed by atoms with Crippen LogP contribution in [0.15, 0.2) is 52.9 Å². The Morgan fingerprint density at radius 2 is 1.90 bits per heavy atom. The molecule has 10 heteroatoms. The number of anilines is 3. The van der Waals surface area contributed by atoms with Gasteiger partial charge in [0, 0.05) is 11.4 Å². The van der Waals surface area contributed by atoms with E-state index in [-0.39, 0.29) is 11.7 Å². The average molecular weight is 437 g/mol. The highest BCUT2D eigenvalue weighted by Gasteiger charge is 2.17. The molecule has 0 fully saturated rings. The molecule has 2 aromatic carbocycles. The molecule has 0 bridgehead atoms. The summed E-state index contributed by atoms with van der Waals surface area (Å²) in [6, 6.07) is 13.6. The second kappa shape index (κ2) is 9.66. The first-order valence-corrected chi connectivity index (χ1v) is 10.3. The fourth-order valence-electron chi connectivity index (χ4n) is 2.32. The Balaban J connectivity index is 1.53. The minimum atomic E-state index is -2.89. The predicted molar refractivity (Wildman–Crippen MR) is 111 cm³/mol. The molecule has 0 saturated carbocycles. The molecular weight excluding hydrogens is 418 g/mol. The van der Waals surface area contributed by atoms with Crippen molar-refractivity contribution in [2.45, 2.75) is 30.0 Å². The molecule has 29 heavy (non-hydrogen) atoms. The molecule has 6 nitrogen and oxygen atoms in total. The number of benzene rings is 2. The number of hydrogen-bond donors (Lipinski definition) is 2. The molecule has 0 aliphatic heterocycles. The lowest BCUT2D eigenvalue weighted by Gasteiger charge is -2.11. The number of halogens is 2. The van der Waals surface area contributed by atoms with Crippen LogP contribution in [-0.4, -0.2) is 28.0 Å². The molecule has 1 unspecified atom stereocenters. The Bertz CT molecular complexity index is 967. The maximum Gasteiger partial charge on any atom is 0.387 e. The smallest absolute Gasteiger partial charge is 0.387 e. The molecule has 1 heterocycles. The number of amides is 1. The topological polar surface area (TPSA) is 76.1 Å². The molecule has 0 radical (unpaired) electrons. The number of rotatable bonds is 8. The first-order valence-electron chi connectivity index (χ1n) is 8.58. The van der Waals surface area contributed by atoms with Gasteiger partial charge in [-0.05, 0) is 55.8 Å². The maximum atomic E-state index is 12.4. The molecule has 1 amide bonds. The van der Waals surface area contributed by atoms with E-state index in [4.69, 9.17) is 0 Å². The summed E-state index contributed by atoms with van der Waals surface area (Å²) in [6.45, 7) is 0.874. The van der Waals surface area contributed by atoms with E-state index in [9.17, 15) is 13.6 Å². The molecule has 2 N–H and O–H groups in total. The van der Waals surface area contributed by atoms with Gasteiger partial charge in [0.2, 0.25) is 11.0 Å². The molecular formula is C19H18F2N4O2S2. The van der Waals surface area contributed by atoms with Gasteiger partial charge in [0.05, 0.1) is 5.25 Å². The van der Waals surface area contributed by atoms with Gasteiger partial charge in [0.1, 0.15) is 5.75 Å². The molecule has 0 aliphatic rings. The Hall–Kier alpha value is -2.72. The minimum Gasteiger partial charge on any atom is -0.435 e. The number of alkyl halides is 2. The fraction of sp³-hybridized carbons (Fsp3) is 0.211. The first kappa shape index (κ1) is 21.0. The van der Waals surface area contributed by atoms with Crippen molar-refractivity contribution in [2.75, 3.05) is 10.6 Å². The third-order valence-corrected chi connectivity index (χ3v) is 5.69. The second-order valence-corrected chi connectivity index (χ2v) is 8.59. The number of nitrogens with zero attached hydrogens (tertiary/aromatic N) is 2. The number of aryl methyl sites for hydroxylation is 1. The van der Waals surface area contributed by atoms with E-state index < -0.39 is 11.9 Å². The largest absolute Gasteiger partial charge is 0.435 e. The lowest BCUT2D eigenvalue weighted by atomic mass is 10.2. The quantitative estimate of drug-likeness (QED) is 0.466. The zero-order chi connectivity index (χ0) is 20.8. The van der Waals surface area contributed by atoms with Crippen molar-refractivity contribution >= 4 is 45.5 Å². The summed E-state index contributed by atoms with van der Waals surface area (Å²) in [5, 5.41) is 14.3. The number of aromatic nitrogens is 2. The van der Waals surface area contributed by atoms with Gasteiger partial charge >= 0.3 is 6.61 Å². The third-order valence-electron chi connectivity index (χ3n) is 3.67. The standard InChI is InChI=1S/C19H18F2N4O2S2/c1-11-4-3-5-14(10-11)23-18-24-25-19(29-18)28-12(2)16(26)22-13-6-8-15(9-7-13)27-17(20)21/h3-10,12,17H,1-2H3,(H,22,26)(H,23,24). The predicted octanol–water partition coefficient (Wildman–Crippen LogP) is 5.31. The van der Waals surface area contributed by atoms with Gasteiger partial charge in [-0.25, -0.2) is 0 Å². The zero-order valence-corrected chi connectivity index (χ0v) is 17.2. The van der Waals surface area contributed by atoms with Gasteiger partial charge in [-0.2, -0.15) is 8.78 Å². The highest BCUT2D eigenvalue weighted by Crippen LogP contribution is 2.31. The van der Waals surface area contributed by atoms with Gasteiger partial charge in [0.25, 0.3) is 0 Å². The molecule has 152 valence electrons. The maximum absolute atomic E-state index is 12.4. The second-order valence-electron chi connectivity index (χ2n) is 6.02. The lowest BCUT2D eigenvalue weighted by molar-refractivity contribution is -0.115. The summed E-state index contributed by atoms with van der Waals surface area (Å²) in [5.74, 6) is -0.205. The molecule has 3 aromatic rings. The van der Waals surface area contributed by atoms with Crippen molar-refractivity contribution < 1.29 is 18.3 Å². The number of carbonyl (C=O) groups is 1. The van der Waals surface area contributed by atoms with Crippen molar-refractivity contribution in [1.82, 2.24) is 10.2 Å². The van der Waals surface area contributed by atoms with Gasteiger partial charge in [0.15, 0.2) is 4.34 Å². The Morgan fingerprint density at radius 1 is 1.14 bits per heavy atom. The number of carbonyl (C=O) groups excluding carboxylic acids is 1. The van der Waals surface area contributed by atoms with Crippen LogP contribution in [0.2, 0.25) is 0 Å². The van der Waals surface area contributed by atoms with Gasteiger partial charge < -0.3 is 15.4 Å². The Kier molecular flexibility index (Phi) is 6.99. The summed E-state index contributed by atoms with van der Waals surface area (Å²) >= 11 is 2.64. The van der Waals surface area contributed by atoms with Crippen molar-refractivity contribution in [3.8, 4) is 5.75 Å². The highest BCUT2D eigenvalue weighted by molar-refractivity contribution is 8.02. The average Bonchev–Trinajstić information content (AvgIpc) is 3.09. The van der Waals surface area contributed by atoms with E-state index >= 15 is 0 Å². The molecule has 1 atom stereocenters. The van der Waals surface area contributed by atoms with Crippen LogP contribution < -0.4 is 15.4 Å². The van der Waals surface area contributed by atoms with E-state index in [0.717, 1.165) is 11.3 Å². The summed E-state index contributed by atoms with van der Waals surface area (Å²) in [6.07, 6.45) is 0. The number of nitrogens with one attached hydrogen (secondary N) is 2. The Morgan fingerprint density at radius 3 is 2.59 bits per heavy atom. The molecule has 0 spiro atoms.